The van der Waals surface area contributed by atoms with Crippen molar-refractivity contribution >= 4 is 21.8 Å². The molecule has 0 atom stereocenters. The number of sulfonamides is 1. The lowest BCUT2D eigenvalue weighted by Gasteiger charge is -2.12. The van der Waals surface area contributed by atoms with Gasteiger partial charge in [-0.15, -0.1) is 5.10 Å². The third-order valence-corrected chi connectivity index (χ3v) is 7.41. The van der Waals surface area contributed by atoms with Gasteiger partial charge >= 0.3 is 0 Å². The molecule has 1 fully saturated rings. The highest BCUT2D eigenvalue weighted by atomic mass is 32.2. The molecule has 30 heavy (non-hydrogen) atoms. The monoisotopic (exact) mass is 450 g/mol. The van der Waals surface area contributed by atoms with E-state index in [1.54, 1.807) is 26.4 Å². The molecule has 4 rings (SSSR count). The summed E-state index contributed by atoms with van der Waals surface area (Å²) in [6.07, 6.45) is 1.77. The molecular weight excluding hydrogens is 428 g/mol. The van der Waals surface area contributed by atoms with Crippen LogP contribution in [0.25, 0.3) is 11.4 Å². The zero-order valence-corrected chi connectivity index (χ0v) is 18.3. The molecule has 0 saturated carbocycles. The molecule has 1 aliphatic heterocycles. The minimum atomic E-state index is -3.55. The standard InChI is InChI=1S/C19H22N4O5S2/c1-26-13-5-7-15(16(11-13)27-2)18-20-19(22-21-18)29-12-14-6-8-17(28-14)30(24,25)23-9-3-4-10-23/h5-8,11H,3-4,9-10,12H2,1-2H3,(H,20,21,22). The van der Waals surface area contributed by atoms with E-state index >= 15 is 0 Å². The van der Waals surface area contributed by atoms with Gasteiger partial charge in [0.15, 0.2) is 5.82 Å². The van der Waals surface area contributed by atoms with Crippen LogP contribution in [0.1, 0.15) is 18.6 Å². The Morgan fingerprint density at radius 3 is 2.70 bits per heavy atom. The minimum Gasteiger partial charge on any atom is -0.497 e. The zero-order valence-electron chi connectivity index (χ0n) is 16.6. The fourth-order valence-corrected chi connectivity index (χ4v) is 5.33. The zero-order chi connectivity index (χ0) is 21.1. The Bertz CT molecular complexity index is 1120. The van der Waals surface area contributed by atoms with Crippen molar-refractivity contribution in [1.82, 2.24) is 19.5 Å². The number of ether oxygens (including phenoxy) is 2. The maximum absolute atomic E-state index is 12.6. The number of benzene rings is 1. The van der Waals surface area contributed by atoms with E-state index in [1.165, 1.54) is 22.1 Å². The second kappa shape index (κ2) is 8.70. The van der Waals surface area contributed by atoms with E-state index in [2.05, 4.69) is 15.2 Å². The van der Waals surface area contributed by atoms with E-state index in [-0.39, 0.29) is 5.09 Å². The van der Waals surface area contributed by atoms with Crippen molar-refractivity contribution < 1.29 is 22.3 Å². The average Bonchev–Trinajstić information content (AvgIpc) is 3.53. The summed E-state index contributed by atoms with van der Waals surface area (Å²) in [6, 6.07) is 8.62. The molecule has 1 aliphatic rings. The van der Waals surface area contributed by atoms with Gasteiger partial charge in [-0.3, -0.25) is 5.10 Å². The van der Waals surface area contributed by atoms with Crippen LogP contribution in [0.15, 0.2) is 45.0 Å². The van der Waals surface area contributed by atoms with Crippen molar-refractivity contribution in [3.8, 4) is 22.9 Å². The predicted octanol–water partition coefficient (Wildman–Crippen LogP) is 3.16. The quantitative estimate of drug-likeness (QED) is 0.521. The highest BCUT2D eigenvalue weighted by Crippen LogP contribution is 2.32. The summed E-state index contributed by atoms with van der Waals surface area (Å²) in [4.78, 5) is 4.49. The highest BCUT2D eigenvalue weighted by molar-refractivity contribution is 7.98. The number of aromatic amines is 1. The van der Waals surface area contributed by atoms with E-state index in [0.29, 0.717) is 47.1 Å². The molecule has 0 spiro atoms. The van der Waals surface area contributed by atoms with E-state index in [0.717, 1.165) is 18.4 Å². The molecule has 1 N–H and O–H groups in total. The molecule has 1 aromatic carbocycles. The number of hydrogen-bond donors (Lipinski definition) is 1. The number of rotatable bonds is 8. The molecule has 9 nitrogen and oxygen atoms in total. The molecule has 0 unspecified atom stereocenters. The van der Waals surface area contributed by atoms with Crippen molar-refractivity contribution in [2.75, 3.05) is 27.3 Å². The van der Waals surface area contributed by atoms with E-state index in [4.69, 9.17) is 13.9 Å². The lowest BCUT2D eigenvalue weighted by molar-refractivity contribution is 0.395. The van der Waals surface area contributed by atoms with Gasteiger partial charge in [0.25, 0.3) is 10.0 Å². The molecule has 11 heteroatoms. The number of thioether (sulfide) groups is 1. The Morgan fingerprint density at radius 1 is 1.17 bits per heavy atom. The molecule has 160 valence electrons. The Kier molecular flexibility index (Phi) is 6.02. The van der Waals surface area contributed by atoms with Crippen molar-refractivity contribution in [1.29, 1.82) is 0 Å². The first kappa shape index (κ1) is 20.8. The van der Waals surface area contributed by atoms with Crippen LogP contribution in [0.5, 0.6) is 11.5 Å². The van der Waals surface area contributed by atoms with Gasteiger partial charge in [0.1, 0.15) is 17.3 Å². The van der Waals surface area contributed by atoms with Crippen molar-refractivity contribution in [2.45, 2.75) is 28.8 Å². The summed E-state index contributed by atoms with van der Waals surface area (Å²) in [5.74, 6) is 2.82. The Labute approximate surface area is 178 Å². The SMILES string of the molecule is COc1ccc(-c2nc(SCc3ccc(S(=O)(=O)N4CCCC4)o3)n[nH]2)c(OC)c1. The number of aromatic nitrogens is 3. The molecule has 3 aromatic rings. The van der Waals surface area contributed by atoms with Gasteiger partial charge in [-0.25, -0.2) is 13.4 Å². The van der Waals surface area contributed by atoms with E-state index in [9.17, 15) is 8.42 Å². The van der Waals surface area contributed by atoms with E-state index in [1.807, 2.05) is 12.1 Å². The average molecular weight is 451 g/mol. The first-order chi connectivity index (χ1) is 14.5. The fourth-order valence-electron chi connectivity index (χ4n) is 3.19. The number of hydrogen-bond acceptors (Lipinski definition) is 8. The smallest absolute Gasteiger partial charge is 0.276 e. The molecule has 0 bridgehead atoms. The number of furan rings is 1. The third kappa shape index (κ3) is 4.18. The molecule has 0 amide bonds. The van der Waals surface area contributed by atoms with Gasteiger partial charge < -0.3 is 13.9 Å². The van der Waals surface area contributed by atoms with Crippen LogP contribution in [-0.2, 0) is 15.8 Å². The largest absolute Gasteiger partial charge is 0.497 e. The molecule has 0 aliphatic carbocycles. The summed E-state index contributed by atoms with van der Waals surface area (Å²) < 4.78 is 42.8. The first-order valence-corrected chi connectivity index (χ1v) is 11.8. The summed E-state index contributed by atoms with van der Waals surface area (Å²) in [5, 5.41) is 7.62. The van der Waals surface area contributed by atoms with Crippen LogP contribution in [0.2, 0.25) is 0 Å². The Morgan fingerprint density at radius 2 is 1.97 bits per heavy atom. The van der Waals surface area contributed by atoms with Gasteiger partial charge in [-0.1, -0.05) is 11.8 Å². The Balaban J connectivity index is 1.44. The van der Waals surface area contributed by atoms with Crippen LogP contribution in [0, 0.1) is 0 Å². The van der Waals surface area contributed by atoms with E-state index < -0.39 is 10.0 Å². The molecule has 3 heterocycles. The molecule has 0 radical (unpaired) electrons. The van der Waals surface area contributed by atoms with Crippen molar-refractivity contribution in [3.05, 3.63) is 36.1 Å². The van der Waals surface area contributed by atoms with Crippen LogP contribution in [0.4, 0.5) is 0 Å². The first-order valence-electron chi connectivity index (χ1n) is 9.37. The topological polar surface area (TPSA) is 111 Å². The highest BCUT2D eigenvalue weighted by Gasteiger charge is 2.30. The number of nitrogens with one attached hydrogen (secondary N) is 1. The van der Waals surface area contributed by atoms with Crippen LogP contribution in [-0.4, -0.2) is 55.2 Å². The lowest BCUT2D eigenvalue weighted by Crippen LogP contribution is -2.27. The summed E-state index contributed by atoms with van der Waals surface area (Å²) in [6.45, 7) is 1.09. The number of H-pyrrole nitrogens is 1. The van der Waals surface area contributed by atoms with Gasteiger partial charge in [-0.05, 0) is 37.1 Å². The van der Waals surface area contributed by atoms with Gasteiger partial charge in [0, 0.05) is 19.2 Å². The van der Waals surface area contributed by atoms with Gasteiger partial charge in [-0.2, -0.15) is 4.31 Å². The summed E-state index contributed by atoms with van der Waals surface area (Å²) in [5.41, 5.74) is 0.759. The molecular formula is C19H22N4O5S2. The number of methoxy groups -OCH3 is 2. The third-order valence-electron chi connectivity index (χ3n) is 4.77. The van der Waals surface area contributed by atoms with Crippen LogP contribution >= 0.6 is 11.8 Å². The maximum atomic E-state index is 12.6. The number of nitrogens with zero attached hydrogens (tertiary/aromatic N) is 3. The molecule has 2 aromatic heterocycles. The van der Waals surface area contributed by atoms with Crippen LogP contribution in [0.3, 0.4) is 0 Å². The van der Waals surface area contributed by atoms with Crippen molar-refractivity contribution in [2.24, 2.45) is 0 Å². The minimum absolute atomic E-state index is 0.0151. The summed E-state index contributed by atoms with van der Waals surface area (Å²) >= 11 is 1.35. The van der Waals surface area contributed by atoms with Gasteiger partial charge in [0.2, 0.25) is 10.2 Å². The summed E-state index contributed by atoms with van der Waals surface area (Å²) in [7, 11) is -0.381. The Hall–Kier alpha value is -2.50. The van der Waals surface area contributed by atoms with Crippen molar-refractivity contribution in [3.63, 3.8) is 0 Å². The maximum Gasteiger partial charge on any atom is 0.276 e. The lowest BCUT2D eigenvalue weighted by atomic mass is 10.2. The fraction of sp³-hybridized carbons (Fsp3) is 0.368. The normalized spacial score (nSPS) is 14.9. The second-order valence-electron chi connectivity index (χ2n) is 6.65. The second-order valence-corrected chi connectivity index (χ2v) is 9.46. The van der Waals surface area contributed by atoms with Gasteiger partial charge in [0.05, 0.1) is 25.5 Å². The predicted molar refractivity (Wildman–Crippen MR) is 111 cm³/mol. The molecule has 1 saturated heterocycles. The van der Waals surface area contributed by atoms with Crippen LogP contribution < -0.4 is 9.47 Å².